The molecule has 0 aromatic carbocycles. The van der Waals surface area contributed by atoms with Crippen molar-refractivity contribution in [2.24, 2.45) is 17.6 Å². The van der Waals surface area contributed by atoms with E-state index in [0.29, 0.717) is 18.8 Å². The Morgan fingerprint density at radius 2 is 1.95 bits per heavy atom. The van der Waals surface area contributed by atoms with E-state index in [0.717, 1.165) is 31.7 Å². The second-order valence-corrected chi connectivity index (χ2v) is 7.70. The molecule has 5 atom stereocenters. The summed E-state index contributed by atoms with van der Waals surface area (Å²) in [5, 5.41) is 17.1. The van der Waals surface area contributed by atoms with Crippen LogP contribution in [0.2, 0.25) is 0 Å². The molecule has 2 aliphatic rings. The molecule has 1 saturated heterocycles. The maximum absolute atomic E-state index is 10.3. The van der Waals surface area contributed by atoms with Crippen molar-refractivity contribution in [3.05, 3.63) is 12.3 Å². The lowest BCUT2D eigenvalue weighted by atomic mass is 9.74. The summed E-state index contributed by atoms with van der Waals surface area (Å²) < 4.78 is 0. The van der Waals surface area contributed by atoms with Crippen LogP contribution in [0.1, 0.15) is 25.7 Å². The zero-order valence-electron chi connectivity index (χ0n) is 12.5. The smallest absolute Gasteiger partial charge is 0.123 e. The number of anilines is 1. The SMILES string of the molecule is N[C@H](C1CCN(c2ccn[nH]2)CC1)C1CC(Cl)C(Cl)CC1O. The van der Waals surface area contributed by atoms with Crippen LogP contribution in [0.5, 0.6) is 0 Å². The van der Waals surface area contributed by atoms with Crippen molar-refractivity contribution in [3.8, 4) is 0 Å². The maximum atomic E-state index is 10.3. The molecule has 5 nitrogen and oxygen atoms in total. The molecule has 1 aromatic rings. The van der Waals surface area contributed by atoms with Gasteiger partial charge in [-0.15, -0.1) is 23.2 Å². The number of nitrogens with one attached hydrogen (secondary N) is 1. The first kappa shape index (κ1) is 16.4. The second-order valence-electron chi connectivity index (χ2n) is 6.58. The van der Waals surface area contributed by atoms with Gasteiger partial charge in [0.25, 0.3) is 0 Å². The van der Waals surface area contributed by atoms with Gasteiger partial charge in [-0.1, -0.05) is 0 Å². The summed E-state index contributed by atoms with van der Waals surface area (Å²) in [6, 6.07) is 1.98. The summed E-state index contributed by atoms with van der Waals surface area (Å²) in [6.45, 7) is 1.93. The minimum absolute atomic E-state index is 0.00988. The number of piperidine rings is 1. The zero-order chi connectivity index (χ0) is 15.7. The van der Waals surface area contributed by atoms with Gasteiger partial charge in [0, 0.05) is 31.1 Å². The fourth-order valence-electron chi connectivity index (χ4n) is 3.83. The van der Waals surface area contributed by atoms with E-state index < -0.39 is 6.10 Å². The van der Waals surface area contributed by atoms with Crippen LogP contribution in [0.15, 0.2) is 12.3 Å². The topological polar surface area (TPSA) is 78.2 Å². The van der Waals surface area contributed by atoms with Crippen molar-refractivity contribution in [2.75, 3.05) is 18.0 Å². The molecule has 7 heteroatoms. The van der Waals surface area contributed by atoms with Gasteiger partial charge in [-0.3, -0.25) is 5.10 Å². The van der Waals surface area contributed by atoms with Gasteiger partial charge in [0.15, 0.2) is 0 Å². The third-order valence-corrected chi connectivity index (χ3v) is 6.35. The standard InChI is InChI=1S/C15H24Cl2N4O/c16-11-7-10(13(22)8-12(11)17)15(18)9-2-5-21(6-3-9)14-1-4-19-20-14/h1,4,9-13,15,22H,2-3,5-8,18H2,(H,19,20)/t10?,11?,12?,13?,15-/m1/s1. The summed E-state index contributed by atoms with van der Waals surface area (Å²) in [4.78, 5) is 2.30. The van der Waals surface area contributed by atoms with Gasteiger partial charge in [-0.25, -0.2) is 0 Å². The Labute approximate surface area is 141 Å². The van der Waals surface area contributed by atoms with Crippen LogP contribution < -0.4 is 10.6 Å². The molecular formula is C15H24Cl2N4O. The van der Waals surface area contributed by atoms with Crippen molar-refractivity contribution >= 4 is 29.0 Å². The fraction of sp³-hybridized carbons (Fsp3) is 0.800. The highest BCUT2D eigenvalue weighted by atomic mass is 35.5. The molecule has 2 heterocycles. The number of aliphatic hydroxyl groups excluding tert-OH is 1. The molecule has 0 spiro atoms. The molecule has 1 aliphatic heterocycles. The Hall–Kier alpha value is -0.490. The summed E-state index contributed by atoms with van der Waals surface area (Å²) in [5.74, 6) is 1.55. The molecule has 1 aromatic heterocycles. The van der Waals surface area contributed by atoms with E-state index in [1.807, 2.05) is 6.07 Å². The molecule has 22 heavy (non-hydrogen) atoms. The predicted molar refractivity (Wildman–Crippen MR) is 89.5 cm³/mol. The monoisotopic (exact) mass is 346 g/mol. The van der Waals surface area contributed by atoms with Gasteiger partial charge in [0.05, 0.1) is 23.1 Å². The lowest BCUT2D eigenvalue weighted by Crippen LogP contribution is -2.51. The Morgan fingerprint density at radius 3 is 2.59 bits per heavy atom. The number of rotatable bonds is 3. The number of hydrogen-bond donors (Lipinski definition) is 3. The lowest BCUT2D eigenvalue weighted by Gasteiger charge is -2.42. The van der Waals surface area contributed by atoms with Gasteiger partial charge in [-0.2, -0.15) is 5.10 Å². The van der Waals surface area contributed by atoms with E-state index in [-0.39, 0.29) is 22.7 Å². The van der Waals surface area contributed by atoms with Gasteiger partial charge >= 0.3 is 0 Å². The van der Waals surface area contributed by atoms with E-state index in [1.54, 1.807) is 6.20 Å². The molecule has 4 N–H and O–H groups in total. The number of nitrogens with zero attached hydrogens (tertiary/aromatic N) is 2. The summed E-state index contributed by atoms with van der Waals surface area (Å²) >= 11 is 12.4. The largest absolute Gasteiger partial charge is 0.393 e. The molecule has 0 amide bonds. The first-order valence-electron chi connectivity index (χ1n) is 8.02. The van der Waals surface area contributed by atoms with Crippen LogP contribution in [-0.4, -0.2) is 51.3 Å². The third-order valence-electron chi connectivity index (χ3n) is 5.26. The average Bonchev–Trinajstić information content (AvgIpc) is 3.05. The van der Waals surface area contributed by atoms with Crippen molar-refractivity contribution in [3.63, 3.8) is 0 Å². The quantitative estimate of drug-likeness (QED) is 0.731. The Balaban J connectivity index is 1.56. The highest BCUT2D eigenvalue weighted by Gasteiger charge is 2.40. The number of H-pyrrole nitrogens is 1. The fourth-order valence-corrected chi connectivity index (χ4v) is 4.43. The molecule has 0 radical (unpaired) electrons. The molecule has 1 aliphatic carbocycles. The maximum Gasteiger partial charge on any atom is 0.123 e. The molecular weight excluding hydrogens is 323 g/mol. The van der Waals surface area contributed by atoms with E-state index in [9.17, 15) is 5.11 Å². The number of halogens is 2. The van der Waals surface area contributed by atoms with Crippen LogP contribution in [-0.2, 0) is 0 Å². The second kappa shape index (κ2) is 6.95. The van der Waals surface area contributed by atoms with Crippen LogP contribution in [0.25, 0.3) is 0 Å². The number of aliphatic hydroxyl groups is 1. The Bertz CT molecular complexity index is 464. The van der Waals surface area contributed by atoms with Crippen LogP contribution >= 0.6 is 23.2 Å². The van der Waals surface area contributed by atoms with Gasteiger partial charge in [0.2, 0.25) is 0 Å². The highest BCUT2D eigenvalue weighted by Crippen LogP contribution is 2.37. The van der Waals surface area contributed by atoms with Crippen LogP contribution in [0.4, 0.5) is 5.82 Å². The van der Waals surface area contributed by atoms with Gasteiger partial charge < -0.3 is 15.7 Å². The number of aromatic amines is 1. The molecule has 1 saturated carbocycles. The molecule has 2 fully saturated rings. The molecule has 0 bridgehead atoms. The summed E-state index contributed by atoms with van der Waals surface area (Å²) in [7, 11) is 0. The van der Waals surface area contributed by atoms with E-state index >= 15 is 0 Å². The summed E-state index contributed by atoms with van der Waals surface area (Å²) in [5.41, 5.74) is 6.48. The Morgan fingerprint density at radius 1 is 1.27 bits per heavy atom. The number of nitrogens with two attached hydrogens (primary N) is 1. The number of hydrogen-bond acceptors (Lipinski definition) is 4. The van der Waals surface area contributed by atoms with E-state index in [2.05, 4.69) is 15.1 Å². The van der Waals surface area contributed by atoms with E-state index in [1.165, 1.54) is 0 Å². The van der Waals surface area contributed by atoms with Crippen molar-refractivity contribution in [1.29, 1.82) is 0 Å². The lowest BCUT2D eigenvalue weighted by molar-refractivity contribution is 0.0435. The normalized spacial score (nSPS) is 35.5. The molecule has 124 valence electrons. The van der Waals surface area contributed by atoms with Gasteiger partial charge in [0.1, 0.15) is 5.82 Å². The zero-order valence-corrected chi connectivity index (χ0v) is 14.0. The number of alkyl halides is 2. The van der Waals surface area contributed by atoms with Crippen molar-refractivity contribution < 1.29 is 5.11 Å². The Kier molecular flexibility index (Phi) is 5.17. The minimum atomic E-state index is -0.432. The van der Waals surface area contributed by atoms with E-state index in [4.69, 9.17) is 28.9 Å². The van der Waals surface area contributed by atoms with Crippen LogP contribution in [0, 0.1) is 11.8 Å². The first-order valence-corrected chi connectivity index (χ1v) is 8.89. The minimum Gasteiger partial charge on any atom is -0.393 e. The molecule has 4 unspecified atom stereocenters. The highest BCUT2D eigenvalue weighted by molar-refractivity contribution is 6.30. The number of aromatic nitrogens is 2. The van der Waals surface area contributed by atoms with Crippen molar-refractivity contribution in [2.45, 2.75) is 48.6 Å². The van der Waals surface area contributed by atoms with Crippen molar-refractivity contribution in [1.82, 2.24) is 10.2 Å². The molecule has 3 rings (SSSR count). The van der Waals surface area contributed by atoms with Crippen LogP contribution in [0.3, 0.4) is 0 Å². The first-order chi connectivity index (χ1) is 10.6. The van der Waals surface area contributed by atoms with Gasteiger partial charge in [-0.05, 0) is 31.6 Å². The average molecular weight is 347 g/mol. The predicted octanol–water partition coefficient (Wildman–Crippen LogP) is 1.94. The third kappa shape index (κ3) is 3.37. The summed E-state index contributed by atoms with van der Waals surface area (Å²) in [6.07, 6.45) is 4.65.